The predicted octanol–water partition coefficient (Wildman–Crippen LogP) is 2.73. The molecule has 0 unspecified atom stereocenters. The van der Waals surface area contributed by atoms with Crippen molar-refractivity contribution < 1.29 is 4.74 Å². The molecule has 0 atom stereocenters. The molecule has 1 aromatic rings. The fourth-order valence-electron chi connectivity index (χ4n) is 1.83. The van der Waals surface area contributed by atoms with Gasteiger partial charge in [-0.15, -0.1) is 6.42 Å². The van der Waals surface area contributed by atoms with Crippen molar-refractivity contribution in [3.8, 4) is 18.1 Å². The predicted molar refractivity (Wildman–Crippen MR) is 57.5 cm³/mol. The molecule has 0 radical (unpaired) electrons. The summed E-state index contributed by atoms with van der Waals surface area (Å²) in [5.74, 6) is 3.65. The third-order valence-corrected chi connectivity index (χ3v) is 2.86. The summed E-state index contributed by atoms with van der Waals surface area (Å²) in [7, 11) is 0. The van der Waals surface area contributed by atoms with Gasteiger partial charge in [0.1, 0.15) is 5.75 Å². The van der Waals surface area contributed by atoms with E-state index in [9.17, 15) is 0 Å². The van der Waals surface area contributed by atoms with Gasteiger partial charge in [-0.1, -0.05) is 19.8 Å². The summed E-state index contributed by atoms with van der Waals surface area (Å²) in [5, 5.41) is 0. The molecule has 0 N–H and O–H groups in total. The van der Waals surface area contributed by atoms with Crippen molar-refractivity contribution in [3.63, 3.8) is 0 Å². The van der Waals surface area contributed by atoms with Crippen molar-refractivity contribution in [2.75, 3.05) is 6.61 Å². The van der Waals surface area contributed by atoms with E-state index in [0.717, 1.165) is 24.3 Å². The van der Waals surface area contributed by atoms with E-state index in [1.54, 1.807) is 0 Å². The van der Waals surface area contributed by atoms with Gasteiger partial charge in [0.15, 0.2) is 0 Å². The first-order valence-electron chi connectivity index (χ1n) is 4.87. The van der Waals surface area contributed by atoms with Gasteiger partial charge in [-0.2, -0.15) is 0 Å². The van der Waals surface area contributed by atoms with Crippen molar-refractivity contribution in [3.05, 3.63) is 29.3 Å². The Morgan fingerprint density at radius 2 is 2.21 bits per heavy atom. The molecule has 0 amide bonds. The van der Waals surface area contributed by atoms with Gasteiger partial charge >= 0.3 is 0 Å². The minimum Gasteiger partial charge on any atom is -0.493 e. The number of rotatable bonds is 0. The first-order chi connectivity index (χ1) is 6.63. The normalized spacial score (nSPS) is 17.8. The second kappa shape index (κ2) is 3.06. The molecule has 1 aliphatic rings. The lowest BCUT2D eigenvalue weighted by molar-refractivity contribution is 0.234. The topological polar surface area (TPSA) is 9.23 Å². The van der Waals surface area contributed by atoms with E-state index in [-0.39, 0.29) is 5.41 Å². The number of terminal acetylenes is 1. The molecular formula is C13H14O. The standard InChI is InChI=1S/C13H14O/c1-4-10-5-6-12-11(9-10)13(2,3)7-8-14-12/h1,5-6,9H,7-8H2,2-3H3. The lowest BCUT2D eigenvalue weighted by atomic mass is 9.79. The molecule has 0 aliphatic carbocycles. The van der Waals surface area contributed by atoms with Crippen molar-refractivity contribution in [2.45, 2.75) is 25.7 Å². The van der Waals surface area contributed by atoms with Crippen molar-refractivity contribution >= 4 is 0 Å². The van der Waals surface area contributed by atoms with Crippen LogP contribution in [0, 0.1) is 12.3 Å². The molecule has 0 saturated carbocycles. The highest BCUT2D eigenvalue weighted by molar-refractivity contribution is 5.47. The summed E-state index contributed by atoms with van der Waals surface area (Å²) in [6.07, 6.45) is 6.43. The van der Waals surface area contributed by atoms with E-state index in [1.807, 2.05) is 12.1 Å². The van der Waals surface area contributed by atoms with Crippen LogP contribution in [0.25, 0.3) is 0 Å². The molecule has 72 valence electrons. The average Bonchev–Trinajstić information content (AvgIpc) is 2.17. The van der Waals surface area contributed by atoms with Gasteiger partial charge in [0, 0.05) is 11.1 Å². The molecule has 1 aliphatic heterocycles. The minimum atomic E-state index is 0.181. The van der Waals surface area contributed by atoms with E-state index in [0.29, 0.717) is 0 Å². The number of hydrogen-bond donors (Lipinski definition) is 0. The summed E-state index contributed by atoms with van der Waals surface area (Å²) in [5.41, 5.74) is 2.35. The average molecular weight is 186 g/mol. The molecular weight excluding hydrogens is 172 g/mol. The highest BCUT2D eigenvalue weighted by Gasteiger charge is 2.28. The van der Waals surface area contributed by atoms with Gasteiger partial charge in [-0.3, -0.25) is 0 Å². The molecule has 2 rings (SSSR count). The molecule has 1 heteroatoms. The highest BCUT2D eigenvalue weighted by atomic mass is 16.5. The summed E-state index contributed by atoms with van der Waals surface area (Å²) in [6, 6.07) is 5.97. The van der Waals surface area contributed by atoms with Crippen LogP contribution in [0.4, 0.5) is 0 Å². The third kappa shape index (κ3) is 1.37. The summed E-state index contributed by atoms with van der Waals surface area (Å²) < 4.78 is 5.59. The van der Waals surface area contributed by atoms with Crippen LogP contribution < -0.4 is 4.74 Å². The molecule has 0 aromatic heterocycles. The zero-order chi connectivity index (χ0) is 10.2. The van der Waals surface area contributed by atoms with Crippen molar-refractivity contribution in [2.24, 2.45) is 0 Å². The Kier molecular flexibility index (Phi) is 2.00. The van der Waals surface area contributed by atoms with Gasteiger partial charge in [0.25, 0.3) is 0 Å². The molecule has 1 aromatic carbocycles. The number of hydrogen-bond acceptors (Lipinski definition) is 1. The van der Waals surface area contributed by atoms with Gasteiger partial charge < -0.3 is 4.74 Å². The lowest BCUT2D eigenvalue weighted by Crippen LogP contribution is -2.26. The molecule has 14 heavy (non-hydrogen) atoms. The Balaban J connectivity index is 2.56. The van der Waals surface area contributed by atoms with Gasteiger partial charge in [-0.05, 0) is 30.0 Å². The third-order valence-electron chi connectivity index (χ3n) is 2.86. The van der Waals surface area contributed by atoms with E-state index < -0.39 is 0 Å². The fourth-order valence-corrected chi connectivity index (χ4v) is 1.83. The fraction of sp³-hybridized carbons (Fsp3) is 0.385. The summed E-state index contributed by atoms with van der Waals surface area (Å²) in [4.78, 5) is 0. The van der Waals surface area contributed by atoms with Crippen LogP contribution in [-0.2, 0) is 5.41 Å². The monoisotopic (exact) mass is 186 g/mol. The molecule has 1 nitrogen and oxygen atoms in total. The Morgan fingerprint density at radius 1 is 1.43 bits per heavy atom. The Morgan fingerprint density at radius 3 is 2.93 bits per heavy atom. The van der Waals surface area contributed by atoms with Crippen LogP contribution in [-0.4, -0.2) is 6.61 Å². The second-order valence-electron chi connectivity index (χ2n) is 4.34. The number of fused-ring (bicyclic) bond motifs is 1. The van der Waals surface area contributed by atoms with Crippen LogP contribution in [0.1, 0.15) is 31.4 Å². The number of ether oxygens (including phenoxy) is 1. The molecule has 0 spiro atoms. The maximum absolute atomic E-state index is 5.59. The van der Waals surface area contributed by atoms with Crippen LogP contribution in [0.3, 0.4) is 0 Å². The first-order valence-corrected chi connectivity index (χ1v) is 4.87. The SMILES string of the molecule is C#Cc1ccc2c(c1)C(C)(C)CCO2. The lowest BCUT2D eigenvalue weighted by Gasteiger charge is -2.32. The second-order valence-corrected chi connectivity index (χ2v) is 4.34. The maximum atomic E-state index is 5.59. The molecule has 0 bridgehead atoms. The highest BCUT2D eigenvalue weighted by Crippen LogP contribution is 2.38. The Bertz CT molecular complexity index is 396. The minimum absolute atomic E-state index is 0.181. The Hall–Kier alpha value is -1.42. The largest absolute Gasteiger partial charge is 0.493 e. The van der Waals surface area contributed by atoms with E-state index in [1.165, 1.54) is 5.56 Å². The Labute approximate surface area is 85.1 Å². The quantitative estimate of drug-likeness (QED) is 0.566. The molecule has 0 fully saturated rings. The maximum Gasteiger partial charge on any atom is 0.123 e. The number of benzene rings is 1. The van der Waals surface area contributed by atoms with Gasteiger partial charge in [0.05, 0.1) is 6.61 Å². The zero-order valence-corrected chi connectivity index (χ0v) is 8.63. The van der Waals surface area contributed by atoms with Crippen LogP contribution in [0.15, 0.2) is 18.2 Å². The smallest absolute Gasteiger partial charge is 0.123 e. The first kappa shape index (κ1) is 9.15. The van der Waals surface area contributed by atoms with Gasteiger partial charge in [0.2, 0.25) is 0 Å². The van der Waals surface area contributed by atoms with Crippen molar-refractivity contribution in [1.82, 2.24) is 0 Å². The van der Waals surface area contributed by atoms with Crippen LogP contribution in [0.5, 0.6) is 5.75 Å². The van der Waals surface area contributed by atoms with E-state index >= 15 is 0 Å². The summed E-state index contributed by atoms with van der Waals surface area (Å²) >= 11 is 0. The van der Waals surface area contributed by atoms with Crippen LogP contribution in [0.2, 0.25) is 0 Å². The van der Waals surface area contributed by atoms with Gasteiger partial charge in [-0.25, -0.2) is 0 Å². The van der Waals surface area contributed by atoms with E-state index in [2.05, 4.69) is 25.8 Å². The molecule has 1 heterocycles. The molecule has 0 saturated heterocycles. The van der Waals surface area contributed by atoms with E-state index in [4.69, 9.17) is 11.2 Å². The zero-order valence-electron chi connectivity index (χ0n) is 8.63. The van der Waals surface area contributed by atoms with Crippen molar-refractivity contribution in [1.29, 1.82) is 0 Å². The van der Waals surface area contributed by atoms with Crippen LogP contribution >= 0.6 is 0 Å². The summed E-state index contributed by atoms with van der Waals surface area (Å²) in [6.45, 7) is 5.26.